The molecule has 0 radical (unpaired) electrons. The number of nitrogens with two attached hydrogens (primary N) is 1. The molecule has 2 heterocycles. The Morgan fingerprint density at radius 2 is 2.05 bits per heavy atom. The molecule has 0 saturated carbocycles. The standard InChI is InChI=1S/C13H23N3O3/c1-9-6-10(8-19-9)13(18)16(7-12(14)17)11-2-4-15-5-3-11/h9-11,15H,2-8H2,1H3,(H2,14,17). The van der Waals surface area contributed by atoms with E-state index in [2.05, 4.69) is 5.32 Å². The van der Waals surface area contributed by atoms with Crippen LogP contribution in [0.15, 0.2) is 0 Å². The second-order valence-electron chi connectivity index (χ2n) is 5.49. The highest BCUT2D eigenvalue weighted by Crippen LogP contribution is 2.23. The van der Waals surface area contributed by atoms with Crippen LogP contribution in [0.25, 0.3) is 0 Å². The number of rotatable bonds is 4. The van der Waals surface area contributed by atoms with E-state index in [0.717, 1.165) is 32.4 Å². The number of hydrogen-bond acceptors (Lipinski definition) is 4. The van der Waals surface area contributed by atoms with Crippen molar-refractivity contribution in [1.82, 2.24) is 10.2 Å². The molecule has 2 aliphatic heterocycles. The van der Waals surface area contributed by atoms with Gasteiger partial charge in [0.25, 0.3) is 0 Å². The number of carbonyl (C=O) groups is 2. The van der Waals surface area contributed by atoms with Crippen molar-refractivity contribution in [1.29, 1.82) is 0 Å². The van der Waals surface area contributed by atoms with Gasteiger partial charge in [-0.2, -0.15) is 0 Å². The van der Waals surface area contributed by atoms with Gasteiger partial charge in [0.1, 0.15) is 0 Å². The molecule has 108 valence electrons. The molecule has 2 amide bonds. The maximum atomic E-state index is 12.5. The Balaban J connectivity index is 2.03. The molecule has 6 heteroatoms. The highest BCUT2D eigenvalue weighted by atomic mass is 16.5. The molecule has 0 aromatic carbocycles. The van der Waals surface area contributed by atoms with Gasteiger partial charge in [0, 0.05) is 6.04 Å². The van der Waals surface area contributed by atoms with Crippen molar-refractivity contribution in [3.05, 3.63) is 0 Å². The first-order valence-electron chi connectivity index (χ1n) is 6.99. The van der Waals surface area contributed by atoms with E-state index in [4.69, 9.17) is 10.5 Å². The Morgan fingerprint density at radius 1 is 1.37 bits per heavy atom. The molecule has 0 aliphatic carbocycles. The lowest BCUT2D eigenvalue weighted by molar-refractivity contribution is -0.141. The van der Waals surface area contributed by atoms with Crippen LogP contribution in [0.2, 0.25) is 0 Å². The minimum atomic E-state index is -0.446. The average Bonchev–Trinajstić information content (AvgIpc) is 2.83. The van der Waals surface area contributed by atoms with Crippen LogP contribution in [-0.2, 0) is 14.3 Å². The number of hydrogen-bond donors (Lipinski definition) is 2. The van der Waals surface area contributed by atoms with Crippen LogP contribution < -0.4 is 11.1 Å². The molecule has 6 nitrogen and oxygen atoms in total. The first-order chi connectivity index (χ1) is 9.08. The highest BCUT2D eigenvalue weighted by molar-refractivity contribution is 5.85. The van der Waals surface area contributed by atoms with Gasteiger partial charge in [-0.15, -0.1) is 0 Å². The van der Waals surface area contributed by atoms with E-state index in [0.29, 0.717) is 6.61 Å². The van der Waals surface area contributed by atoms with Crippen molar-refractivity contribution in [2.24, 2.45) is 11.7 Å². The van der Waals surface area contributed by atoms with E-state index < -0.39 is 5.91 Å². The third kappa shape index (κ3) is 3.67. The third-order valence-corrected chi connectivity index (χ3v) is 3.91. The number of ether oxygens (including phenoxy) is 1. The Labute approximate surface area is 113 Å². The number of amides is 2. The maximum Gasteiger partial charge on any atom is 0.237 e. The maximum absolute atomic E-state index is 12.5. The summed E-state index contributed by atoms with van der Waals surface area (Å²) in [6.45, 7) is 4.21. The van der Waals surface area contributed by atoms with Crippen molar-refractivity contribution < 1.29 is 14.3 Å². The molecule has 2 atom stereocenters. The molecule has 3 N–H and O–H groups in total. The predicted molar refractivity (Wildman–Crippen MR) is 70.3 cm³/mol. The van der Waals surface area contributed by atoms with E-state index >= 15 is 0 Å². The Morgan fingerprint density at radius 3 is 2.58 bits per heavy atom. The minimum absolute atomic E-state index is 0.0222. The van der Waals surface area contributed by atoms with Gasteiger partial charge in [-0.25, -0.2) is 0 Å². The predicted octanol–water partition coefficient (Wildman–Crippen LogP) is -0.523. The quantitative estimate of drug-likeness (QED) is 0.719. The normalized spacial score (nSPS) is 28.3. The summed E-state index contributed by atoms with van der Waals surface area (Å²) in [7, 11) is 0. The van der Waals surface area contributed by atoms with Gasteiger partial charge in [-0.1, -0.05) is 0 Å². The monoisotopic (exact) mass is 269 g/mol. The lowest BCUT2D eigenvalue weighted by atomic mass is 9.99. The smallest absolute Gasteiger partial charge is 0.237 e. The van der Waals surface area contributed by atoms with Gasteiger partial charge in [0.2, 0.25) is 11.8 Å². The summed E-state index contributed by atoms with van der Waals surface area (Å²) < 4.78 is 5.45. The van der Waals surface area contributed by atoms with E-state index in [-0.39, 0.29) is 30.5 Å². The second kappa shape index (κ2) is 6.34. The number of carbonyl (C=O) groups excluding carboxylic acids is 2. The highest BCUT2D eigenvalue weighted by Gasteiger charge is 2.35. The van der Waals surface area contributed by atoms with Gasteiger partial charge in [0.05, 0.1) is 25.2 Å². The summed E-state index contributed by atoms with van der Waals surface area (Å²) in [5, 5.41) is 3.26. The largest absolute Gasteiger partial charge is 0.378 e. The van der Waals surface area contributed by atoms with Crippen LogP contribution in [0.5, 0.6) is 0 Å². The molecule has 0 bridgehead atoms. The van der Waals surface area contributed by atoms with Gasteiger partial charge in [-0.05, 0) is 39.3 Å². The summed E-state index contributed by atoms with van der Waals surface area (Å²) in [6, 6.07) is 0.122. The molecule has 0 aromatic heterocycles. The number of nitrogens with zero attached hydrogens (tertiary/aromatic N) is 1. The molecular formula is C13H23N3O3. The van der Waals surface area contributed by atoms with Crippen LogP contribution >= 0.6 is 0 Å². The zero-order valence-corrected chi connectivity index (χ0v) is 11.4. The van der Waals surface area contributed by atoms with E-state index in [1.54, 1.807) is 4.90 Å². The first-order valence-corrected chi connectivity index (χ1v) is 6.99. The van der Waals surface area contributed by atoms with Crippen molar-refractivity contribution in [2.45, 2.75) is 38.3 Å². The fourth-order valence-electron chi connectivity index (χ4n) is 2.90. The fourth-order valence-corrected chi connectivity index (χ4v) is 2.90. The van der Waals surface area contributed by atoms with Gasteiger partial charge in [-0.3, -0.25) is 9.59 Å². The van der Waals surface area contributed by atoms with E-state index in [1.807, 2.05) is 6.92 Å². The topological polar surface area (TPSA) is 84.7 Å². The van der Waals surface area contributed by atoms with Crippen molar-refractivity contribution in [3.63, 3.8) is 0 Å². The molecule has 0 aromatic rings. The van der Waals surface area contributed by atoms with Crippen LogP contribution in [-0.4, -0.2) is 55.1 Å². The Bertz CT molecular complexity index is 342. The van der Waals surface area contributed by atoms with Crippen molar-refractivity contribution in [3.8, 4) is 0 Å². The fraction of sp³-hybridized carbons (Fsp3) is 0.846. The number of nitrogens with one attached hydrogen (secondary N) is 1. The van der Waals surface area contributed by atoms with Crippen LogP contribution in [0.1, 0.15) is 26.2 Å². The van der Waals surface area contributed by atoms with Crippen LogP contribution in [0.3, 0.4) is 0 Å². The summed E-state index contributed by atoms with van der Waals surface area (Å²) in [5.74, 6) is -0.543. The van der Waals surface area contributed by atoms with Gasteiger partial charge >= 0.3 is 0 Å². The van der Waals surface area contributed by atoms with Crippen LogP contribution in [0, 0.1) is 5.92 Å². The van der Waals surface area contributed by atoms with Gasteiger partial charge < -0.3 is 20.7 Å². The molecule has 0 spiro atoms. The van der Waals surface area contributed by atoms with E-state index in [1.165, 1.54) is 0 Å². The number of piperidine rings is 1. The van der Waals surface area contributed by atoms with E-state index in [9.17, 15) is 9.59 Å². The average molecular weight is 269 g/mol. The lowest BCUT2D eigenvalue weighted by Crippen LogP contribution is -2.51. The lowest BCUT2D eigenvalue weighted by Gasteiger charge is -2.35. The molecule has 2 rings (SSSR count). The van der Waals surface area contributed by atoms with Gasteiger partial charge in [0.15, 0.2) is 0 Å². The Kier molecular flexibility index (Phi) is 4.76. The van der Waals surface area contributed by atoms with Crippen molar-refractivity contribution >= 4 is 11.8 Å². The SMILES string of the molecule is CC1CC(C(=O)N(CC(N)=O)C2CCNCC2)CO1. The summed E-state index contributed by atoms with van der Waals surface area (Å²) >= 11 is 0. The zero-order valence-electron chi connectivity index (χ0n) is 11.4. The first kappa shape index (κ1) is 14.3. The minimum Gasteiger partial charge on any atom is -0.378 e. The van der Waals surface area contributed by atoms with Crippen LogP contribution in [0.4, 0.5) is 0 Å². The molecule has 2 fully saturated rings. The third-order valence-electron chi connectivity index (χ3n) is 3.91. The van der Waals surface area contributed by atoms with Crippen molar-refractivity contribution in [2.75, 3.05) is 26.2 Å². The summed E-state index contributed by atoms with van der Waals surface area (Å²) in [6.07, 6.45) is 2.61. The summed E-state index contributed by atoms with van der Waals surface area (Å²) in [4.78, 5) is 25.4. The second-order valence-corrected chi connectivity index (χ2v) is 5.49. The molecule has 2 saturated heterocycles. The molecular weight excluding hydrogens is 246 g/mol. The Hall–Kier alpha value is -1.14. The molecule has 2 unspecified atom stereocenters. The zero-order chi connectivity index (χ0) is 13.8. The summed E-state index contributed by atoms with van der Waals surface area (Å²) in [5.41, 5.74) is 5.28. The molecule has 2 aliphatic rings. The molecule has 19 heavy (non-hydrogen) atoms. The number of primary amides is 1.